The quantitative estimate of drug-likeness (QED) is 0.537. The fraction of sp³-hybridized carbons (Fsp3) is 0.500. The van der Waals surface area contributed by atoms with E-state index in [-0.39, 0.29) is 18.2 Å². The summed E-state index contributed by atoms with van der Waals surface area (Å²) in [7, 11) is 0. The Labute approximate surface area is 207 Å². The molecule has 0 spiro atoms. The Morgan fingerprint density at radius 3 is 2.55 bits per heavy atom. The number of nitrogens with zero attached hydrogens (tertiary/aromatic N) is 4. The Hall–Kier alpha value is -2.00. The number of piperidine rings is 1. The highest BCUT2D eigenvalue weighted by Gasteiger charge is 2.30. The molecule has 1 aromatic carbocycles. The average Bonchev–Trinajstić information content (AvgIpc) is 3.25. The second-order valence-corrected chi connectivity index (χ2v) is 9.61. The number of amides is 1. The van der Waals surface area contributed by atoms with E-state index in [0.717, 1.165) is 37.9 Å². The Kier molecular flexibility index (Phi) is 7.69. The maximum Gasteiger partial charge on any atom is 0.407 e. The van der Waals surface area contributed by atoms with Gasteiger partial charge >= 0.3 is 6.09 Å². The zero-order chi connectivity index (χ0) is 23.5. The van der Waals surface area contributed by atoms with Gasteiger partial charge in [-0.2, -0.15) is 4.98 Å². The van der Waals surface area contributed by atoms with Crippen molar-refractivity contribution in [2.75, 3.05) is 36.4 Å². The van der Waals surface area contributed by atoms with Crippen molar-refractivity contribution in [3.8, 4) is 0 Å². The first kappa shape index (κ1) is 24.1. The van der Waals surface area contributed by atoms with Crippen LogP contribution in [-0.4, -0.2) is 64.5 Å². The largest absolute Gasteiger partial charge is 0.465 e. The number of carboxylic acid groups (broad SMARTS) is 1. The van der Waals surface area contributed by atoms with Gasteiger partial charge in [0, 0.05) is 29.7 Å². The summed E-state index contributed by atoms with van der Waals surface area (Å²) in [4.78, 5) is 23.7. The van der Waals surface area contributed by atoms with Crippen LogP contribution in [0.25, 0.3) is 0 Å². The average molecular weight is 515 g/mol. The molecule has 4 rings (SSSR count). The maximum atomic E-state index is 11.1. The lowest BCUT2D eigenvalue weighted by Gasteiger charge is -2.33. The smallest absolute Gasteiger partial charge is 0.407 e. The lowest BCUT2D eigenvalue weighted by molar-refractivity contribution is -0.0173. The van der Waals surface area contributed by atoms with E-state index in [1.165, 1.54) is 4.90 Å². The van der Waals surface area contributed by atoms with Crippen LogP contribution >= 0.6 is 34.8 Å². The molecule has 11 heteroatoms. The van der Waals surface area contributed by atoms with Crippen LogP contribution in [0.2, 0.25) is 15.1 Å². The zero-order valence-corrected chi connectivity index (χ0v) is 20.4. The summed E-state index contributed by atoms with van der Waals surface area (Å²) >= 11 is 18.7. The summed E-state index contributed by atoms with van der Waals surface area (Å²) in [5.41, 5.74) is 0.892. The number of hydrogen-bond donors (Lipinski definition) is 2. The van der Waals surface area contributed by atoms with Crippen LogP contribution in [0.5, 0.6) is 0 Å². The summed E-state index contributed by atoms with van der Waals surface area (Å²) in [5.74, 6) is 1.14. The van der Waals surface area contributed by atoms with E-state index < -0.39 is 6.09 Å². The summed E-state index contributed by atoms with van der Waals surface area (Å²) in [6.07, 6.45) is 3.21. The molecular weight excluding hydrogens is 489 g/mol. The van der Waals surface area contributed by atoms with E-state index >= 15 is 0 Å². The molecule has 0 bridgehead atoms. The molecule has 3 heterocycles. The minimum absolute atomic E-state index is 0.0265. The number of nitrogens with one attached hydrogen (secondary N) is 1. The molecule has 0 saturated carbocycles. The first-order valence-electron chi connectivity index (χ1n) is 10.9. The molecule has 178 valence electrons. The molecule has 8 nitrogen and oxygen atoms in total. The van der Waals surface area contributed by atoms with Crippen LogP contribution in [0.15, 0.2) is 24.4 Å². The minimum Gasteiger partial charge on any atom is -0.465 e. The van der Waals surface area contributed by atoms with E-state index in [2.05, 4.69) is 20.2 Å². The number of aromatic nitrogens is 2. The van der Waals surface area contributed by atoms with E-state index in [4.69, 9.17) is 44.6 Å². The number of hydrogen-bond acceptors (Lipinski definition) is 6. The van der Waals surface area contributed by atoms with E-state index in [1.807, 2.05) is 13.0 Å². The first-order valence-corrected chi connectivity index (χ1v) is 12.1. The first-order chi connectivity index (χ1) is 15.8. The van der Waals surface area contributed by atoms with Crippen molar-refractivity contribution >= 4 is 52.7 Å². The van der Waals surface area contributed by atoms with Gasteiger partial charge in [0.2, 0.25) is 5.95 Å². The highest BCUT2D eigenvalue weighted by molar-refractivity contribution is 6.35. The summed E-state index contributed by atoms with van der Waals surface area (Å²) in [6, 6.07) is 5.25. The van der Waals surface area contributed by atoms with Crippen molar-refractivity contribution in [2.24, 2.45) is 0 Å². The van der Waals surface area contributed by atoms with Gasteiger partial charge in [-0.1, -0.05) is 40.9 Å². The van der Waals surface area contributed by atoms with Gasteiger partial charge in [0.15, 0.2) is 5.82 Å². The van der Waals surface area contributed by atoms with Crippen LogP contribution < -0.4 is 10.2 Å². The number of ether oxygens (including phenoxy) is 1. The lowest BCUT2D eigenvalue weighted by atomic mass is 10.1. The van der Waals surface area contributed by atoms with E-state index in [9.17, 15) is 4.79 Å². The fourth-order valence-electron chi connectivity index (χ4n) is 4.22. The van der Waals surface area contributed by atoms with Gasteiger partial charge in [-0.05, 0) is 43.9 Å². The van der Waals surface area contributed by atoms with Gasteiger partial charge in [-0.15, -0.1) is 0 Å². The summed E-state index contributed by atoms with van der Waals surface area (Å²) in [5, 5.41) is 14.0. The van der Waals surface area contributed by atoms with E-state index in [1.54, 1.807) is 18.3 Å². The highest BCUT2D eigenvalue weighted by atomic mass is 35.5. The van der Waals surface area contributed by atoms with Crippen molar-refractivity contribution in [2.45, 2.75) is 44.4 Å². The monoisotopic (exact) mass is 513 g/mol. The molecule has 33 heavy (non-hydrogen) atoms. The second-order valence-electron chi connectivity index (χ2n) is 8.36. The predicted molar refractivity (Wildman–Crippen MR) is 130 cm³/mol. The molecule has 1 amide bonds. The van der Waals surface area contributed by atoms with Gasteiger partial charge < -0.3 is 25.0 Å². The molecule has 2 fully saturated rings. The second kappa shape index (κ2) is 10.5. The van der Waals surface area contributed by atoms with Gasteiger partial charge in [-0.25, -0.2) is 9.78 Å². The van der Waals surface area contributed by atoms with E-state index in [0.29, 0.717) is 39.9 Å². The van der Waals surface area contributed by atoms with Gasteiger partial charge in [0.05, 0.1) is 31.0 Å². The van der Waals surface area contributed by atoms with Crippen molar-refractivity contribution in [3.05, 3.63) is 45.0 Å². The molecule has 2 aromatic rings. The molecular formula is C22H26Cl3N5O3. The van der Waals surface area contributed by atoms with Gasteiger partial charge in [0.25, 0.3) is 0 Å². The van der Waals surface area contributed by atoms with Gasteiger partial charge in [0.1, 0.15) is 5.02 Å². The maximum absolute atomic E-state index is 11.1. The molecule has 0 aliphatic carbocycles. The molecule has 2 saturated heterocycles. The number of carbonyl (C=O) groups is 1. The predicted octanol–water partition coefficient (Wildman–Crippen LogP) is 5.35. The Bertz CT molecular complexity index is 1000. The molecule has 2 atom stereocenters. The minimum atomic E-state index is -0.882. The molecule has 1 aromatic heterocycles. The standard InChI is InChI=1S/C22H26Cl3N5O3/c1-13(17-3-2-14(23)10-18(17)24)27-20-19(25)11-26-21(28-20)29-7-4-15(5-8-29)33-16-6-9-30(12-16)22(31)32/h2-3,10-11,13,15-16H,4-9,12H2,1H3,(H,31,32)(H,26,27,28)/t13?,16-/m0/s1. The Morgan fingerprint density at radius 2 is 1.88 bits per heavy atom. The van der Waals surface area contributed by atoms with Crippen LogP contribution in [-0.2, 0) is 4.74 Å². The van der Waals surface area contributed by atoms with Crippen LogP contribution in [0, 0.1) is 0 Å². The van der Waals surface area contributed by atoms with Crippen molar-refractivity contribution < 1.29 is 14.6 Å². The molecule has 2 aliphatic heterocycles. The molecule has 0 radical (unpaired) electrons. The SMILES string of the molecule is CC(Nc1nc(N2CCC(O[C@H]3CCN(C(=O)O)C3)CC2)ncc1Cl)c1ccc(Cl)cc1Cl. The fourth-order valence-corrected chi connectivity index (χ4v) is 4.94. The molecule has 1 unspecified atom stereocenters. The third kappa shape index (κ3) is 5.93. The van der Waals surface area contributed by atoms with Crippen LogP contribution in [0.1, 0.15) is 37.8 Å². The molecule has 2 N–H and O–H groups in total. The molecule has 2 aliphatic rings. The topological polar surface area (TPSA) is 90.8 Å². The number of rotatable bonds is 6. The number of anilines is 2. The summed E-state index contributed by atoms with van der Waals surface area (Å²) < 4.78 is 6.15. The van der Waals surface area contributed by atoms with Gasteiger partial charge in [-0.3, -0.25) is 0 Å². The third-order valence-corrected chi connectivity index (χ3v) is 6.88. The Balaban J connectivity index is 1.35. The summed E-state index contributed by atoms with van der Waals surface area (Å²) in [6.45, 7) is 4.46. The highest BCUT2D eigenvalue weighted by Crippen LogP contribution is 2.31. The zero-order valence-electron chi connectivity index (χ0n) is 18.2. The Morgan fingerprint density at radius 1 is 1.15 bits per heavy atom. The number of benzene rings is 1. The number of likely N-dealkylation sites (tertiary alicyclic amines) is 1. The normalized spacial score (nSPS) is 20.2. The van der Waals surface area contributed by atoms with Crippen molar-refractivity contribution in [1.29, 1.82) is 0 Å². The number of halogens is 3. The third-order valence-electron chi connectivity index (χ3n) is 6.04. The van der Waals surface area contributed by atoms with Crippen LogP contribution in [0.3, 0.4) is 0 Å². The van der Waals surface area contributed by atoms with Crippen molar-refractivity contribution in [3.63, 3.8) is 0 Å². The van der Waals surface area contributed by atoms with Crippen molar-refractivity contribution in [1.82, 2.24) is 14.9 Å². The lowest BCUT2D eigenvalue weighted by Crippen LogP contribution is -2.40. The van der Waals surface area contributed by atoms with Crippen LogP contribution in [0.4, 0.5) is 16.6 Å².